The van der Waals surface area contributed by atoms with E-state index in [-0.39, 0.29) is 48.7 Å². The fourth-order valence-corrected chi connectivity index (χ4v) is 9.09. The summed E-state index contributed by atoms with van der Waals surface area (Å²) in [6, 6.07) is 0. The van der Waals surface area contributed by atoms with Crippen molar-refractivity contribution in [3.63, 3.8) is 0 Å². The number of hydrogen-bond acceptors (Lipinski definition) is 8. The van der Waals surface area contributed by atoms with Crippen molar-refractivity contribution in [1.29, 1.82) is 0 Å². The number of allylic oxidation sites excluding steroid dienone is 4. The molecular formula is C28H36F2O7S. The molecular weight excluding hydrogens is 518 g/mol. The fourth-order valence-electron chi connectivity index (χ4n) is 8.34. The van der Waals surface area contributed by atoms with E-state index < -0.39 is 69.9 Å². The predicted molar refractivity (Wildman–Crippen MR) is 136 cm³/mol. The zero-order valence-corrected chi connectivity index (χ0v) is 23.2. The Kier molecular flexibility index (Phi) is 6.57. The SMILES string of the molecule is CCOC(=O)CSCC(=O)[C@@]12OC(C)(C)O[C@@H]1CC1C3C[C@H](F)C4=CC(=O)C=C[C@]4(C)[C@@]3(F)[C@@H](O)C[C@@]12C. The van der Waals surface area contributed by atoms with Crippen LogP contribution < -0.4 is 0 Å². The first kappa shape index (κ1) is 27.9. The third-order valence-electron chi connectivity index (χ3n) is 9.79. The van der Waals surface area contributed by atoms with Crippen LogP contribution in [0.3, 0.4) is 0 Å². The van der Waals surface area contributed by atoms with Gasteiger partial charge in [-0.25, -0.2) is 8.78 Å². The van der Waals surface area contributed by atoms with E-state index in [2.05, 4.69) is 0 Å². The molecule has 1 aliphatic heterocycles. The number of carbonyl (C=O) groups excluding carboxylic acids is 3. The number of carbonyl (C=O) groups is 3. The standard InChI is InChI=1S/C28H36F2O7S/c1-6-35-23(34)14-38-13-21(33)28-22(36-24(2,3)37-28)11-16-17-10-19(29)18-9-15(31)7-8-25(18,4)27(17,30)20(32)12-26(16,28)5/h7-9,16-17,19-20,22,32H,6,10-14H2,1-5H3/t16?,17?,19-,20-,22+,25-,26-,27-,28+/m0/s1. The molecule has 5 aliphatic rings. The molecule has 4 fully saturated rings. The second-order valence-corrected chi connectivity index (χ2v) is 13.1. The lowest BCUT2D eigenvalue weighted by atomic mass is 9.44. The first-order valence-electron chi connectivity index (χ1n) is 13.3. The third-order valence-corrected chi connectivity index (χ3v) is 10.7. The summed E-state index contributed by atoms with van der Waals surface area (Å²) in [5, 5.41) is 11.6. The van der Waals surface area contributed by atoms with Crippen molar-refractivity contribution in [3.8, 4) is 0 Å². The minimum atomic E-state index is -2.25. The Hall–Kier alpha value is -1.62. The van der Waals surface area contributed by atoms with Crippen LogP contribution in [0.25, 0.3) is 0 Å². The number of aliphatic hydroxyl groups excluding tert-OH is 1. The lowest BCUT2D eigenvalue weighted by Crippen LogP contribution is -2.71. The van der Waals surface area contributed by atoms with E-state index in [9.17, 15) is 19.5 Å². The summed E-state index contributed by atoms with van der Waals surface area (Å²) in [7, 11) is 0. The zero-order valence-electron chi connectivity index (χ0n) is 22.4. The first-order chi connectivity index (χ1) is 17.7. The Morgan fingerprint density at radius 2 is 1.89 bits per heavy atom. The average Bonchev–Trinajstić information content (AvgIpc) is 3.23. The van der Waals surface area contributed by atoms with Crippen LogP contribution in [0.5, 0.6) is 0 Å². The number of halogens is 2. The van der Waals surface area contributed by atoms with Gasteiger partial charge in [-0.3, -0.25) is 14.4 Å². The summed E-state index contributed by atoms with van der Waals surface area (Å²) >= 11 is 1.11. The number of rotatable bonds is 6. The van der Waals surface area contributed by atoms with Crippen molar-refractivity contribution in [2.24, 2.45) is 22.7 Å². The smallest absolute Gasteiger partial charge is 0.315 e. The maximum Gasteiger partial charge on any atom is 0.315 e. The van der Waals surface area contributed by atoms with Crippen LogP contribution in [0.1, 0.15) is 53.9 Å². The minimum absolute atomic E-state index is 0.00832. The first-order valence-corrected chi connectivity index (χ1v) is 14.4. The molecule has 7 nitrogen and oxygen atoms in total. The monoisotopic (exact) mass is 554 g/mol. The molecule has 2 unspecified atom stereocenters. The van der Waals surface area contributed by atoms with E-state index in [0.29, 0.717) is 0 Å². The number of fused-ring (bicyclic) bond motifs is 7. The number of hydrogen-bond donors (Lipinski definition) is 1. The van der Waals surface area contributed by atoms with Crippen LogP contribution in [0, 0.1) is 22.7 Å². The van der Waals surface area contributed by atoms with Gasteiger partial charge in [0, 0.05) is 16.7 Å². The van der Waals surface area contributed by atoms with Gasteiger partial charge in [0.15, 0.2) is 28.6 Å². The number of esters is 1. The number of ketones is 2. The molecule has 3 saturated carbocycles. The van der Waals surface area contributed by atoms with Gasteiger partial charge in [-0.1, -0.05) is 13.0 Å². The summed E-state index contributed by atoms with van der Waals surface area (Å²) in [5.41, 5.74) is -6.25. The highest BCUT2D eigenvalue weighted by Gasteiger charge is 2.80. The normalized spacial score (nSPS) is 46.5. The van der Waals surface area contributed by atoms with E-state index in [0.717, 1.165) is 17.8 Å². The Bertz CT molecular complexity index is 1120. The molecule has 0 spiro atoms. The van der Waals surface area contributed by atoms with Crippen LogP contribution in [0.2, 0.25) is 0 Å². The molecule has 1 saturated heterocycles. The number of ether oxygens (including phenoxy) is 3. The quantitative estimate of drug-likeness (QED) is 0.497. The molecule has 4 aliphatic carbocycles. The lowest BCUT2D eigenvalue weighted by Gasteiger charge is -2.63. The van der Waals surface area contributed by atoms with Crippen LogP contribution in [-0.4, -0.2) is 76.2 Å². The molecule has 0 bridgehead atoms. The summed E-state index contributed by atoms with van der Waals surface area (Å²) < 4.78 is 50.7. The maximum absolute atomic E-state index is 17.4. The Balaban J connectivity index is 1.53. The van der Waals surface area contributed by atoms with Gasteiger partial charge in [0.1, 0.15) is 6.17 Å². The molecule has 10 heteroatoms. The highest BCUT2D eigenvalue weighted by atomic mass is 32.2. The van der Waals surface area contributed by atoms with E-state index >= 15 is 8.78 Å². The van der Waals surface area contributed by atoms with E-state index in [4.69, 9.17) is 14.2 Å². The largest absolute Gasteiger partial charge is 0.465 e. The molecule has 1 N–H and O–H groups in total. The second kappa shape index (κ2) is 8.94. The molecule has 9 atom stereocenters. The van der Waals surface area contributed by atoms with E-state index in [1.807, 2.05) is 6.92 Å². The van der Waals surface area contributed by atoms with Crippen molar-refractivity contribution in [2.75, 3.05) is 18.1 Å². The topological polar surface area (TPSA) is 99.1 Å². The van der Waals surface area contributed by atoms with Crippen molar-refractivity contribution >= 4 is 29.3 Å². The van der Waals surface area contributed by atoms with E-state index in [1.165, 1.54) is 12.2 Å². The van der Waals surface area contributed by atoms with Gasteiger partial charge >= 0.3 is 5.97 Å². The molecule has 0 aromatic heterocycles. The highest BCUT2D eigenvalue weighted by Crippen LogP contribution is 2.72. The Morgan fingerprint density at radius 3 is 2.58 bits per heavy atom. The van der Waals surface area contributed by atoms with Crippen molar-refractivity contribution < 1.29 is 42.5 Å². The molecule has 210 valence electrons. The van der Waals surface area contributed by atoms with Crippen LogP contribution in [0.4, 0.5) is 8.78 Å². The van der Waals surface area contributed by atoms with Gasteiger partial charge in [0.25, 0.3) is 0 Å². The minimum Gasteiger partial charge on any atom is -0.465 e. The van der Waals surface area contributed by atoms with Crippen LogP contribution >= 0.6 is 11.8 Å². The molecule has 0 aromatic rings. The number of alkyl halides is 2. The third kappa shape index (κ3) is 3.58. The van der Waals surface area contributed by atoms with Crippen molar-refractivity contribution in [2.45, 2.75) is 89.3 Å². The Morgan fingerprint density at radius 1 is 1.18 bits per heavy atom. The average molecular weight is 555 g/mol. The zero-order chi connectivity index (χ0) is 27.9. The summed E-state index contributed by atoms with van der Waals surface area (Å²) in [6.07, 6.45) is -0.0835. The van der Waals surface area contributed by atoms with E-state index in [1.54, 1.807) is 27.7 Å². The van der Waals surface area contributed by atoms with Gasteiger partial charge in [-0.2, -0.15) is 0 Å². The van der Waals surface area contributed by atoms with Crippen molar-refractivity contribution in [1.82, 2.24) is 0 Å². The molecule has 5 rings (SSSR count). The van der Waals surface area contributed by atoms with Gasteiger partial charge in [-0.15, -0.1) is 11.8 Å². The summed E-state index contributed by atoms with van der Waals surface area (Å²) in [5.74, 6) is -3.76. The van der Waals surface area contributed by atoms with Crippen LogP contribution in [0.15, 0.2) is 23.8 Å². The van der Waals surface area contributed by atoms with Gasteiger partial charge in [0.2, 0.25) is 0 Å². The molecule has 38 heavy (non-hydrogen) atoms. The Labute approximate surface area is 225 Å². The van der Waals surface area contributed by atoms with Crippen LogP contribution in [-0.2, 0) is 28.6 Å². The van der Waals surface area contributed by atoms with Gasteiger partial charge in [0.05, 0.1) is 30.3 Å². The maximum atomic E-state index is 17.4. The molecule has 0 amide bonds. The second-order valence-electron chi connectivity index (χ2n) is 12.2. The number of Topliss-reactive ketones (excluding diaryl/α,β-unsaturated/α-hetero) is 1. The van der Waals surface area contributed by atoms with Gasteiger partial charge in [-0.05, 0) is 70.6 Å². The fraction of sp³-hybridized carbons (Fsp3) is 0.750. The highest BCUT2D eigenvalue weighted by molar-refractivity contribution is 8.00. The number of thioether (sulfide) groups is 1. The van der Waals surface area contributed by atoms with Crippen molar-refractivity contribution in [3.05, 3.63) is 23.8 Å². The number of aliphatic hydroxyl groups is 1. The molecule has 0 radical (unpaired) electrons. The summed E-state index contributed by atoms with van der Waals surface area (Å²) in [6.45, 7) is 8.73. The van der Waals surface area contributed by atoms with Gasteiger partial charge < -0.3 is 19.3 Å². The molecule has 0 aromatic carbocycles. The summed E-state index contributed by atoms with van der Waals surface area (Å²) in [4.78, 5) is 37.9. The lowest BCUT2D eigenvalue weighted by molar-refractivity contribution is -0.247. The molecule has 1 heterocycles. The predicted octanol–water partition coefficient (Wildman–Crippen LogP) is 3.67.